The van der Waals surface area contributed by atoms with Crippen molar-refractivity contribution in [3.05, 3.63) is 0 Å². The van der Waals surface area contributed by atoms with Crippen LogP contribution in [0.5, 0.6) is 0 Å². The summed E-state index contributed by atoms with van der Waals surface area (Å²) in [6.45, 7) is 9.32. The van der Waals surface area contributed by atoms with Gasteiger partial charge in [0.1, 0.15) is 0 Å². The van der Waals surface area contributed by atoms with E-state index in [1.807, 2.05) is 0 Å². The predicted octanol–water partition coefficient (Wildman–Crippen LogP) is 3.11. The average Bonchev–Trinajstić information content (AvgIpc) is 2.48. The normalized spacial score (nSPS) is 34.7. The van der Waals surface area contributed by atoms with Gasteiger partial charge in [0.05, 0.1) is 0 Å². The van der Waals surface area contributed by atoms with E-state index in [9.17, 15) is 0 Å². The Hall–Kier alpha value is -0.160. The van der Waals surface area contributed by atoms with Gasteiger partial charge in [-0.05, 0) is 66.0 Å². The average molecular weight is 353 g/mol. The van der Waals surface area contributed by atoms with E-state index in [1.54, 1.807) is 0 Å². The Balaban J connectivity index is 2.01. The molecule has 2 saturated carbocycles. The lowest BCUT2D eigenvalue weighted by atomic mass is 9.74. The van der Waals surface area contributed by atoms with E-state index in [-0.39, 0.29) is 5.54 Å². The van der Waals surface area contributed by atoms with E-state index in [0.717, 1.165) is 5.92 Å². The molecule has 0 amide bonds. The first-order chi connectivity index (χ1) is 11.7. The fourth-order valence-corrected chi connectivity index (χ4v) is 5.44. The summed E-state index contributed by atoms with van der Waals surface area (Å²) in [5.74, 6) is 0.738. The molecule has 2 rings (SSSR count). The fourth-order valence-electron chi connectivity index (χ4n) is 5.44. The lowest BCUT2D eigenvalue weighted by molar-refractivity contribution is 0.0827. The molecule has 1 unspecified atom stereocenters. The predicted molar refractivity (Wildman–Crippen MR) is 109 cm³/mol. The summed E-state index contributed by atoms with van der Waals surface area (Å²) in [6.07, 6.45) is 10.3. The van der Waals surface area contributed by atoms with Crippen molar-refractivity contribution in [3.63, 3.8) is 0 Å². The molecule has 0 spiro atoms. The number of nitrogens with zero attached hydrogens (tertiary/aromatic N) is 1. The molecule has 4 heteroatoms. The Labute approximate surface area is 156 Å². The molecule has 0 aromatic heterocycles. The minimum atomic E-state index is 0.151. The first-order valence-electron chi connectivity index (χ1n) is 10.7. The maximum atomic E-state index is 6.39. The highest BCUT2D eigenvalue weighted by Crippen LogP contribution is 2.34. The zero-order valence-electron chi connectivity index (χ0n) is 17.6. The number of nitrogens with two attached hydrogens (primary N) is 1. The summed E-state index contributed by atoms with van der Waals surface area (Å²) < 4.78 is 0. The van der Waals surface area contributed by atoms with Crippen molar-refractivity contribution < 1.29 is 0 Å². The number of nitrogens with one attached hydrogen (secondary N) is 2. The molecule has 25 heavy (non-hydrogen) atoms. The molecule has 0 aromatic rings. The van der Waals surface area contributed by atoms with Crippen LogP contribution in [0.4, 0.5) is 0 Å². The summed E-state index contributed by atoms with van der Waals surface area (Å²) in [7, 11) is 4.52. The number of likely N-dealkylation sites (N-methyl/N-ethyl adjacent to an activating group) is 1. The molecule has 0 heterocycles. The van der Waals surface area contributed by atoms with Crippen molar-refractivity contribution in [2.24, 2.45) is 11.7 Å². The van der Waals surface area contributed by atoms with Gasteiger partial charge in [-0.1, -0.05) is 33.1 Å². The molecule has 0 aliphatic heterocycles. The Bertz CT molecular complexity index is 393. The maximum Gasteiger partial charge on any atom is 0.0272 e. The molecule has 0 radical (unpaired) electrons. The van der Waals surface area contributed by atoms with Gasteiger partial charge in [0.15, 0.2) is 0 Å². The van der Waals surface area contributed by atoms with E-state index in [1.165, 1.54) is 51.4 Å². The van der Waals surface area contributed by atoms with Gasteiger partial charge >= 0.3 is 0 Å². The third-order valence-corrected chi connectivity index (χ3v) is 6.30. The molecule has 5 atom stereocenters. The second-order valence-electron chi connectivity index (χ2n) is 9.86. The smallest absolute Gasteiger partial charge is 0.0272 e. The number of hydrogen-bond donors (Lipinski definition) is 3. The molecule has 2 aliphatic carbocycles. The minimum Gasteiger partial charge on any atom is -0.326 e. The number of rotatable bonds is 7. The Morgan fingerprint density at radius 1 is 1.00 bits per heavy atom. The van der Waals surface area contributed by atoms with Gasteiger partial charge in [0.2, 0.25) is 0 Å². The van der Waals surface area contributed by atoms with Crippen molar-refractivity contribution in [1.29, 1.82) is 0 Å². The quantitative estimate of drug-likeness (QED) is 0.659. The van der Waals surface area contributed by atoms with Crippen molar-refractivity contribution >= 4 is 0 Å². The Kier molecular flexibility index (Phi) is 7.75. The van der Waals surface area contributed by atoms with Crippen LogP contribution in [0, 0.1) is 5.92 Å². The van der Waals surface area contributed by atoms with Crippen LogP contribution < -0.4 is 16.4 Å². The highest BCUT2D eigenvalue weighted by atomic mass is 15.2. The fraction of sp³-hybridized carbons (Fsp3) is 1.00. The van der Waals surface area contributed by atoms with E-state index in [2.05, 4.69) is 57.3 Å². The van der Waals surface area contributed by atoms with E-state index in [0.29, 0.717) is 30.2 Å². The van der Waals surface area contributed by atoms with Crippen LogP contribution in [0.25, 0.3) is 0 Å². The van der Waals surface area contributed by atoms with Gasteiger partial charge in [-0.3, -0.25) is 0 Å². The zero-order valence-corrected chi connectivity index (χ0v) is 17.6. The lowest BCUT2D eigenvalue weighted by Crippen LogP contribution is -2.59. The molecular weight excluding hydrogens is 308 g/mol. The van der Waals surface area contributed by atoms with Gasteiger partial charge in [-0.2, -0.15) is 0 Å². The van der Waals surface area contributed by atoms with Crippen molar-refractivity contribution in [3.8, 4) is 0 Å². The van der Waals surface area contributed by atoms with Gasteiger partial charge < -0.3 is 21.3 Å². The minimum absolute atomic E-state index is 0.151. The highest BCUT2D eigenvalue weighted by molar-refractivity contribution is 4.98. The Morgan fingerprint density at radius 3 is 2.24 bits per heavy atom. The van der Waals surface area contributed by atoms with Crippen molar-refractivity contribution in [2.45, 2.75) is 115 Å². The molecule has 148 valence electrons. The first-order valence-corrected chi connectivity index (χ1v) is 10.7. The summed E-state index contributed by atoms with van der Waals surface area (Å²) in [5.41, 5.74) is 6.54. The largest absolute Gasteiger partial charge is 0.326 e. The van der Waals surface area contributed by atoms with Crippen LogP contribution in [0.3, 0.4) is 0 Å². The van der Waals surface area contributed by atoms with Gasteiger partial charge in [-0.15, -0.1) is 0 Å². The standard InChI is InChI=1S/C21H44N4/c1-15(2)23-19-13-9-10-16(20(19)25(5)6)14-21(3,4)24-18-12-8-7-11-17(18)22/h15-20,23-24H,7-14,22H2,1-6H3/t16?,17-,18-,19-,20-/m0/s1. The lowest BCUT2D eigenvalue weighted by Gasteiger charge is -2.47. The summed E-state index contributed by atoms with van der Waals surface area (Å²) >= 11 is 0. The van der Waals surface area contributed by atoms with E-state index < -0.39 is 0 Å². The highest BCUT2D eigenvalue weighted by Gasteiger charge is 2.38. The second kappa shape index (κ2) is 9.16. The van der Waals surface area contributed by atoms with Crippen LogP contribution in [0.1, 0.15) is 79.1 Å². The molecule has 2 fully saturated rings. The van der Waals surface area contributed by atoms with Gasteiger partial charge in [0.25, 0.3) is 0 Å². The van der Waals surface area contributed by atoms with Gasteiger partial charge in [-0.25, -0.2) is 0 Å². The Morgan fingerprint density at radius 2 is 1.64 bits per heavy atom. The monoisotopic (exact) mass is 352 g/mol. The summed E-state index contributed by atoms with van der Waals surface area (Å²) in [5, 5.41) is 7.78. The first kappa shape index (κ1) is 21.1. The van der Waals surface area contributed by atoms with Crippen molar-refractivity contribution in [1.82, 2.24) is 15.5 Å². The van der Waals surface area contributed by atoms with Crippen LogP contribution in [0.15, 0.2) is 0 Å². The molecule has 0 aromatic carbocycles. The van der Waals surface area contributed by atoms with Crippen LogP contribution in [-0.4, -0.2) is 54.7 Å². The molecule has 2 aliphatic rings. The van der Waals surface area contributed by atoms with E-state index in [4.69, 9.17) is 5.73 Å². The molecule has 0 bridgehead atoms. The SMILES string of the molecule is CC(C)N[C@H]1CCCC(CC(C)(C)N[C@H]2CCCC[C@@H]2N)[C@@H]1N(C)C. The summed E-state index contributed by atoms with van der Waals surface area (Å²) in [6, 6.07) is 2.62. The van der Waals surface area contributed by atoms with Crippen LogP contribution >= 0.6 is 0 Å². The number of hydrogen-bond acceptors (Lipinski definition) is 4. The zero-order chi connectivity index (χ0) is 18.6. The van der Waals surface area contributed by atoms with E-state index >= 15 is 0 Å². The summed E-state index contributed by atoms with van der Waals surface area (Å²) in [4.78, 5) is 2.46. The van der Waals surface area contributed by atoms with Crippen molar-refractivity contribution in [2.75, 3.05) is 14.1 Å². The van der Waals surface area contributed by atoms with Crippen LogP contribution in [0.2, 0.25) is 0 Å². The molecule has 0 saturated heterocycles. The van der Waals surface area contributed by atoms with Gasteiger partial charge in [0, 0.05) is 35.7 Å². The third-order valence-electron chi connectivity index (χ3n) is 6.30. The molecule has 4 N–H and O–H groups in total. The topological polar surface area (TPSA) is 53.3 Å². The molecule has 4 nitrogen and oxygen atoms in total. The second-order valence-corrected chi connectivity index (χ2v) is 9.86. The van der Waals surface area contributed by atoms with Crippen LogP contribution in [-0.2, 0) is 0 Å². The molecular formula is C21H44N4. The third kappa shape index (κ3) is 6.20. The maximum absolute atomic E-state index is 6.39.